The Labute approximate surface area is 191 Å². The van der Waals surface area contributed by atoms with E-state index in [1.807, 2.05) is 6.07 Å². The lowest BCUT2D eigenvalue weighted by Crippen LogP contribution is -2.48. The van der Waals surface area contributed by atoms with Gasteiger partial charge in [-0.2, -0.15) is 0 Å². The molecule has 1 aliphatic heterocycles. The minimum atomic E-state index is -1.34. The van der Waals surface area contributed by atoms with Gasteiger partial charge >= 0.3 is 0 Å². The van der Waals surface area contributed by atoms with Gasteiger partial charge in [-0.15, -0.1) is 5.10 Å². The summed E-state index contributed by atoms with van der Waals surface area (Å²) >= 11 is 1.60. The average molecular weight is 456 g/mol. The highest BCUT2D eigenvalue weighted by atomic mass is 32.2. The van der Waals surface area contributed by atoms with E-state index >= 15 is 0 Å². The van der Waals surface area contributed by atoms with Crippen molar-refractivity contribution in [3.05, 3.63) is 35.9 Å². The number of rotatable bonds is 8. The minimum absolute atomic E-state index is 0.283. The first kappa shape index (κ1) is 21.6. The number of aliphatic hydroxyl groups is 2. The molecule has 5 rings (SSSR count). The largest absolute Gasteiger partial charge is 0.390 e. The summed E-state index contributed by atoms with van der Waals surface area (Å²) in [6.07, 6.45) is 1.13. The second-order valence-corrected chi connectivity index (χ2v) is 9.79. The van der Waals surface area contributed by atoms with Crippen LogP contribution in [0, 0.1) is 0 Å². The molecule has 4 N–H and O–H groups in total. The van der Waals surface area contributed by atoms with Gasteiger partial charge in [0.2, 0.25) is 0 Å². The SMILES string of the molecule is CCCSc1nc(NC2C[C@H]2c2ccccc2)c2nnn([C@@H]3CNC[C@]3(O)C(C)O)c2n1. The average Bonchev–Trinajstić information content (AvgIpc) is 3.25. The highest BCUT2D eigenvalue weighted by Gasteiger charge is 2.48. The Kier molecular flexibility index (Phi) is 5.79. The molecule has 0 radical (unpaired) electrons. The smallest absolute Gasteiger partial charge is 0.191 e. The third-order valence-corrected chi connectivity index (χ3v) is 7.47. The number of fused-ring (bicyclic) bond motifs is 1. The second-order valence-electron chi connectivity index (χ2n) is 8.73. The van der Waals surface area contributed by atoms with E-state index in [1.165, 1.54) is 5.56 Å². The number of aliphatic hydroxyl groups excluding tert-OH is 1. The third-order valence-electron chi connectivity index (χ3n) is 6.42. The molecule has 1 saturated carbocycles. The Morgan fingerprint density at radius 1 is 1.31 bits per heavy atom. The fraction of sp³-hybridized carbons (Fsp3) is 0.545. The third kappa shape index (κ3) is 3.85. The first-order chi connectivity index (χ1) is 15.5. The van der Waals surface area contributed by atoms with Crippen LogP contribution in [0.2, 0.25) is 0 Å². The van der Waals surface area contributed by atoms with Crippen LogP contribution in [0.1, 0.15) is 44.2 Å². The van der Waals surface area contributed by atoms with Crippen molar-refractivity contribution in [3.63, 3.8) is 0 Å². The molecule has 10 heteroatoms. The van der Waals surface area contributed by atoms with Gasteiger partial charge in [0, 0.05) is 30.8 Å². The Hall–Kier alpha value is -2.27. The quantitative estimate of drug-likeness (QED) is 0.298. The maximum absolute atomic E-state index is 11.1. The molecule has 170 valence electrons. The van der Waals surface area contributed by atoms with Crippen LogP contribution < -0.4 is 10.6 Å². The number of hydrogen-bond acceptors (Lipinski definition) is 9. The summed E-state index contributed by atoms with van der Waals surface area (Å²) in [4.78, 5) is 9.49. The van der Waals surface area contributed by atoms with Gasteiger partial charge in [-0.1, -0.05) is 54.2 Å². The molecule has 2 aromatic heterocycles. The molecule has 3 heterocycles. The number of anilines is 1. The lowest BCUT2D eigenvalue weighted by atomic mass is 9.92. The predicted molar refractivity (Wildman–Crippen MR) is 124 cm³/mol. The first-order valence-electron chi connectivity index (χ1n) is 11.2. The molecular formula is C22H29N7O2S. The van der Waals surface area contributed by atoms with Crippen LogP contribution in [-0.4, -0.2) is 71.8 Å². The fourth-order valence-electron chi connectivity index (χ4n) is 4.41. The zero-order chi connectivity index (χ0) is 22.3. The lowest BCUT2D eigenvalue weighted by molar-refractivity contribution is -0.0779. The Bertz CT molecular complexity index is 1090. The van der Waals surface area contributed by atoms with Gasteiger partial charge in [0.15, 0.2) is 22.1 Å². The monoisotopic (exact) mass is 455 g/mol. The van der Waals surface area contributed by atoms with Crippen LogP contribution in [0.4, 0.5) is 5.82 Å². The summed E-state index contributed by atoms with van der Waals surface area (Å²) in [7, 11) is 0. The van der Waals surface area contributed by atoms with Crippen molar-refractivity contribution in [1.82, 2.24) is 30.3 Å². The van der Waals surface area contributed by atoms with Gasteiger partial charge in [-0.3, -0.25) is 0 Å². The standard InChI is InChI=1S/C22H29N7O2S/c1-3-9-32-21-25-19(24-16-10-15(16)14-7-5-4-6-8-14)18-20(26-21)29(28-27-18)17-11-23-12-22(17,31)13(2)30/h4-8,13,15-17,23,30-31H,3,9-12H2,1-2H3,(H,24,25,26)/t13?,15-,16?,17+,22-/m0/s1. The lowest BCUT2D eigenvalue weighted by Gasteiger charge is -2.31. The van der Waals surface area contributed by atoms with Crippen LogP contribution in [0.5, 0.6) is 0 Å². The number of thioether (sulfide) groups is 1. The van der Waals surface area contributed by atoms with Crippen molar-refractivity contribution in [2.45, 2.75) is 61.6 Å². The van der Waals surface area contributed by atoms with E-state index in [0.29, 0.717) is 34.6 Å². The summed E-state index contributed by atoms with van der Waals surface area (Å²) in [6, 6.07) is 10.3. The maximum Gasteiger partial charge on any atom is 0.191 e. The molecule has 0 spiro atoms. The van der Waals surface area contributed by atoms with Gasteiger partial charge in [-0.25, -0.2) is 14.6 Å². The van der Waals surface area contributed by atoms with Gasteiger partial charge in [0.05, 0.1) is 6.10 Å². The molecule has 1 saturated heterocycles. The first-order valence-corrected chi connectivity index (χ1v) is 12.2. The van der Waals surface area contributed by atoms with Crippen LogP contribution in [0.3, 0.4) is 0 Å². The Balaban J connectivity index is 1.49. The van der Waals surface area contributed by atoms with E-state index in [-0.39, 0.29) is 12.6 Å². The highest BCUT2D eigenvalue weighted by molar-refractivity contribution is 7.99. The van der Waals surface area contributed by atoms with E-state index in [2.05, 4.69) is 52.1 Å². The van der Waals surface area contributed by atoms with Crippen molar-refractivity contribution < 1.29 is 10.2 Å². The number of benzene rings is 1. The molecule has 9 nitrogen and oxygen atoms in total. The van der Waals surface area contributed by atoms with Crippen molar-refractivity contribution in [2.75, 3.05) is 24.2 Å². The second kappa shape index (κ2) is 8.58. The van der Waals surface area contributed by atoms with Gasteiger partial charge < -0.3 is 20.8 Å². The number of β-amino-alcohol motifs (C(OH)–C–C–N with tert-alkyl or cyclic N) is 1. The van der Waals surface area contributed by atoms with Crippen molar-refractivity contribution in [1.29, 1.82) is 0 Å². The molecule has 32 heavy (non-hydrogen) atoms. The Morgan fingerprint density at radius 2 is 2.12 bits per heavy atom. The van der Waals surface area contributed by atoms with Crippen molar-refractivity contribution in [2.24, 2.45) is 0 Å². The number of aromatic nitrogens is 5. The molecule has 2 fully saturated rings. The molecule has 0 bridgehead atoms. The molecule has 2 unspecified atom stereocenters. The summed E-state index contributed by atoms with van der Waals surface area (Å²) in [6.45, 7) is 4.48. The van der Waals surface area contributed by atoms with Crippen molar-refractivity contribution >= 4 is 28.7 Å². The number of nitrogens with one attached hydrogen (secondary N) is 2. The predicted octanol–water partition coefficient (Wildman–Crippen LogP) is 1.95. The number of nitrogens with zero attached hydrogens (tertiary/aromatic N) is 5. The van der Waals surface area contributed by atoms with Gasteiger partial charge in [0.25, 0.3) is 0 Å². The highest BCUT2D eigenvalue weighted by Crippen LogP contribution is 2.43. The molecule has 1 aliphatic carbocycles. The van der Waals surface area contributed by atoms with E-state index in [1.54, 1.807) is 23.4 Å². The minimum Gasteiger partial charge on any atom is -0.390 e. The molecule has 1 aromatic carbocycles. The molecular weight excluding hydrogens is 426 g/mol. The van der Waals surface area contributed by atoms with E-state index in [9.17, 15) is 10.2 Å². The fourth-order valence-corrected chi connectivity index (χ4v) is 5.10. The maximum atomic E-state index is 11.1. The van der Waals surface area contributed by atoms with E-state index in [0.717, 1.165) is 18.6 Å². The van der Waals surface area contributed by atoms with Gasteiger partial charge in [-0.05, 0) is 25.3 Å². The molecule has 3 aromatic rings. The zero-order valence-corrected chi connectivity index (χ0v) is 19.1. The Morgan fingerprint density at radius 3 is 2.88 bits per heavy atom. The van der Waals surface area contributed by atoms with Gasteiger partial charge in [0.1, 0.15) is 11.6 Å². The normalized spacial score (nSPS) is 28.2. The summed E-state index contributed by atoms with van der Waals surface area (Å²) < 4.78 is 1.65. The van der Waals surface area contributed by atoms with E-state index < -0.39 is 17.7 Å². The number of hydrogen-bond donors (Lipinski definition) is 4. The molecule has 2 aliphatic rings. The zero-order valence-electron chi connectivity index (χ0n) is 18.3. The summed E-state index contributed by atoms with van der Waals surface area (Å²) in [5, 5.41) is 37.5. The summed E-state index contributed by atoms with van der Waals surface area (Å²) in [5.74, 6) is 2.03. The molecule has 5 atom stereocenters. The summed E-state index contributed by atoms with van der Waals surface area (Å²) in [5.41, 5.74) is 1.14. The van der Waals surface area contributed by atoms with E-state index in [4.69, 9.17) is 9.97 Å². The van der Waals surface area contributed by atoms with Crippen molar-refractivity contribution in [3.8, 4) is 0 Å². The van der Waals surface area contributed by atoms with Crippen LogP contribution >= 0.6 is 11.8 Å². The van der Waals surface area contributed by atoms with Crippen LogP contribution in [-0.2, 0) is 0 Å². The van der Waals surface area contributed by atoms with Crippen LogP contribution in [0.15, 0.2) is 35.5 Å². The topological polar surface area (TPSA) is 121 Å². The molecule has 0 amide bonds. The van der Waals surface area contributed by atoms with Crippen LogP contribution in [0.25, 0.3) is 11.2 Å².